The van der Waals surface area contributed by atoms with Gasteiger partial charge in [0.15, 0.2) is 5.82 Å². The Bertz CT molecular complexity index is 751. The number of rotatable bonds is 4. The predicted molar refractivity (Wildman–Crippen MR) is 101 cm³/mol. The number of hydrogen-bond acceptors (Lipinski definition) is 4. The number of benzene rings is 1. The molecule has 1 fully saturated rings. The van der Waals surface area contributed by atoms with E-state index in [1.807, 2.05) is 26.0 Å². The Morgan fingerprint density at radius 3 is 2.64 bits per heavy atom. The van der Waals surface area contributed by atoms with Crippen LogP contribution in [0.3, 0.4) is 0 Å². The standard InChI is InChI=1S/C20H26N4O/c1-14(2)22-20(25)17-13-21-18(16-9-7-8-15(3)12-16)23-19(17)24-10-5-4-6-11-24/h7-9,12-14H,4-6,10-11H2,1-3H3,(H,22,25). The summed E-state index contributed by atoms with van der Waals surface area (Å²) in [7, 11) is 0. The molecule has 5 heteroatoms. The SMILES string of the molecule is Cc1cccc(-c2ncc(C(=O)NC(C)C)c(N3CCCCC3)n2)c1. The molecule has 0 bridgehead atoms. The molecule has 2 heterocycles. The Labute approximate surface area is 149 Å². The normalized spacial score (nSPS) is 14.6. The molecule has 1 amide bonds. The lowest BCUT2D eigenvalue weighted by atomic mass is 10.1. The highest BCUT2D eigenvalue weighted by Gasteiger charge is 2.22. The Hall–Kier alpha value is -2.43. The average Bonchev–Trinajstić information content (AvgIpc) is 2.61. The molecule has 1 N–H and O–H groups in total. The highest BCUT2D eigenvalue weighted by Crippen LogP contribution is 2.25. The van der Waals surface area contributed by atoms with Gasteiger partial charge in [0.2, 0.25) is 0 Å². The van der Waals surface area contributed by atoms with E-state index < -0.39 is 0 Å². The summed E-state index contributed by atoms with van der Waals surface area (Å²) in [5.74, 6) is 1.32. The largest absolute Gasteiger partial charge is 0.356 e. The zero-order chi connectivity index (χ0) is 17.8. The van der Waals surface area contributed by atoms with Crippen molar-refractivity contribution in [3.8, 4) is 11.4 Å². The van der Waals surface area contributed by atoms with Gasteiger partial charge in [0.1, 0.15) is 11.4 Å². The maximum absolute atomic E-state index is 12.6. The summed E-state index contributed by atoms with van der Waals surface area (Å²) >= 11 is 0. The van der Waals surface area contributed by atoms with Crippen LogP contribution in [0.5, 0.6) is 0 Å². The number of nitrogens with zero attached hydrogens (tertiary/aromatic N) is 3. The van der Waals surface area contributed by atoms with Gasteiger partial charge in [-0.1, -0.05) is 23.8 Å². The molecule has 132 valence electrons. The minimum absolute atomic E-state index is 0.0816. The van der Waals surface area contributed by atoms with Crippen LogP contribution in [-0.2, 0) is 0 Å². The summed E-state index contributed by atoms with van der Waals surface area (Å²) in [6, 6.07) is 8.23. The Morgan fingerprint density at radius 1 is 1.20 bits per heavy atom. The van der Waals surface area contributed by atoms with Crippen LogP contribution in [0.4, 0.5) is 5.82 Å². The van der Waals surface area contributed by atoms with Crippen LogP contribution >= 0.6 is 0 Å². The number of aromatic nitrogens is 2. The van der Waals surface area contributed by atoms with Gasteiger partial charge in [-0.3, -0.25) is 4.79 Å². The van der Waals surface area contributed by atoms with Crippen LogP contribution in [-0.4, -0.2) is 35.0 Å². The van der Waals surface area contributed by atoms with Crippen LogP contribution < -0.4 is 10.2 Å². The molecule has 1 aliphatic heterocycles. The van der Waals surface area contributed by atoms with E-state index in [0.29, 0.717) is 11.4 Å². The van der Waals surface area contributed by atoms with Crippen LogP contribution in [0, 0.1) is 6.92 Å². The number of nitrogens with one attached hydrogen (secondary N) is 1. The zero-order valence-electron chi connectivity index (χ0n) is 15.2. The molecule has 0 saturated carbocycles. The van der Waals surface area contributed by atoms with Gasteiger partial charge >= 0.3 is 0 Å². The second-order valence-corrected chi connectivity index (χ2v) is 6.98. The van der Waals surface area contributed by atoms with Crippen molar-refractivity contribution in [2.75, 3.05) is 18.0 Å². The van der Waals surface area contributed by atoms with Gasteiger partial charge in [-0.15, -0.1) is 0 Å². The number of amides is 1. The lowest BCUT2D eigenvalue weighted by Crippen LogP contribution is -2.35. The topological polar surface area (TPSA) is 58.1 Å². The van der Waals surface area contributed by atoms with Crippen LogP contribution in [0.2, 0.25) is 0 Å². The number of carbonyl (C=O) groups is 1. The van der Waals surface area contributed by atoms with Crippen LogP contribution in [0.25, 0.3) is 11.4 Å². The number of anilines is 1. The zero-order valence-corrected chi connectivity index (χ0v) is 15.2. The molecule has 0 spiro atoms. The summed E-state index contributed by atoms with van der Waals surface area (Å²) in [4.78, 5) is 24.1. The van der Waals surface area contributed by atoms with Crippen molar-refractivity contribution in [3.63, 3.8) is 0 Å². The molecule has 2 aromatic rings. The van der Waals surface area contributed by atoms with Gasteiger partial charge in [-0.05, 0) is 46.1 Å². The van der Waals surface area contributed by atoms with Crippen molar-refractivity contribution in [1.29, 1.82) is 0 Å². The van der Waals surface area contributed by atoms with E-state index >= 15 is 0 Å². The maximum atomic E-state index is 12.6. The molecule has 0 aliphatic carbocycles. The fourth-order valence-corrected chi connectivity index (χ4v) is 3.14. The molecule has 25 heavy (non-hydrogen) atoms. The molecule has 3 rings (SSSR count). The third-order valence-electron chi connectivity index (χ3n) is 4.36. The van der Waals surface area contributed by atoms with Gasteiger partial charge in [-0.2, -0.15) is 0 Å². The molecular weight excluding hydrogens is 312 g/mol. The molecule has 1 aromatic carbocycles. The lowest BCUT2D eigenvalue weighted by Gasteiger charge is -2.29. The van der Waals surface area contributed by atoms with Gasteiger partial charge < -0.3 is 10.2 Å². The molecule has 1 saturated heterocycles. The van der Waals surface area contributed by atoms with Crippen molar-refractivity contribution >= 4 is 11.7 Å². The highest BCUT2D eigenvalue weighted by atomic mass is 16.1. The van der Waals surface area contributed by atoms with Gasteiger partial charge in [0, 0.05) is 30.9 Å². The van der Waals surface area contributed by atoms with Crippen molar-refractivity contribution in [1.82, 2.24) is 15.3 Å². The summed E-state index contributed by atoms with van der Waals surface area (Å²) in [6.07, 6.45) is 5.18. The first-order valence-electron chi connectivity index (χ1n) is 9.04. The van der Waals surface area contributed by atoms with Gasteiger partial charge in [-0.25, -0.2) is 9.97 Å². The Morgan fingerprint density at radius 2 is 1.96 bits per heavy atom. The van der Waals surface area contributed by atoms with E-state index in [4.69, 9.17) is 4.98 Å². The average molecular weight is 338 g/mol. The van der Waals surface area contributed by atoms with E-state index in [1.165, 1.54) is 12.0 Å². The van der Waals surface area contributed by atoms with E-state index in [0.717, 1.165) is 37.3 Å². The van der Waals surface area contributed by atoms with Gasteiger partial charge in [0.25, 0.3) is 5.91 Å². The van der Waals surface area contributed by atoms with Crippen molar-refractivity contribution in [3.05, 3.63) is 41.6 Å². The maximum Gasteiger partial charge on any atom is 0.256 e. The van der Waals surface area contributed by atoms with E-state index in [2.05, 4.69) is 34.3 Å². The van der Waals surface area contributed by atoms with Crippen molar-refractivity contribution in [2.45, 2.75) is 46.1 Å². The van der Waals surface area contributed by atoms with Crippen LogP contribution in [0.15, 0.2) is 30.5 Å². The fourth-order valence-electron chi connectivity index (χ4n) is 3.14. The van der Waals surface area contributed by atoms with Gasteiger partial charge in [0.05, 0.1) is 0 Å². The Kier molecular flexibility index (Phi) is 5.31. The lowest BCUT2D eigenvalue weighted by molar-refractivity contribution is 0.0943. The minimum Gasteiger partial charge on any atom is -0.356 e. The summed E-state index contributed by atoms with van der Waals surface area (Å²) in [5, 5.41) is 2.96. The van der Waals surface area contributed by atoms with E-state index in [-0.39, 0.29) is 11.9 Å². The van der Waals surface area contributed by atoms with Crippen LogP contribution in [0.1, 0.15) is 49.0 Å². The number of hydrogen-bond donors (Lipinski definition) is 1. The molecule has 0 unspecified atom stereocenters. The Balaban J connectivity index is 2.02. The smallest absolute Gasteiger partial charge is 0.256 e. The minimum atomic E-state index is -0.105. The molecular formula is C20H26N4O. The summed E-state index contributed by atoms with van der Waals surface area (Å²) < 4.78 is 0. The first kappa shape index (κ1) is 17.4. The molecule has 1 aromatic heterocycles. The number of carbonyl (C=O) groups excluding carboxylic acids is 1. The number of piperidine rings is 1. The summed E-state index contributed by atoms with van der Waals surface area (Å²) in [6.45, 7) is 7.85. The van der Waals surface area contributed by atoms with E-state index in [1.54, 1.807) is 6.20 Å². The number of aryl methyl sites for hydroxylation is 1. The predicted octanol–water partition coefficient (Wildman–Crippen LogP) is 3.58. The molecule has 0 atom stereocenters. The molecule has 1 aliphatic rings. The van der Waals surface area contributed by atoms with E-state index in [9.17, 15) is 4.79 Å². The first-order valence-corrected chi connectivity index (χ1v) is 9.04. The third-order valence-corrected chi connectivity index (χ3v) is 4.36. The van der Waals surface area contributed by atoms with Crippen molar-refractivity contribution < 1.29 is 4.79 Å². The molecule has 5 nitrogen and oxygen atoms in total. The quantitative estimate of drug-likeness (QED) is 0.926. The van der Waals surface area contributed by atoms with Crippen molar-refractivity contribution in [2.24, 2.45) is 0 Å². The second kappa shape index (κ2) is 7.64. The summed E-state index contributed by atoms with van der Waals surface area (Å²) in [5.41, 5.74) is 2.71. The monoisotopic (exact) mass is 338 g/mol. The fraction of sp³-hybridized carbons (Fsp3) is 0.450. The third kappa shape index (κ3) is 4.16. The second-order valence-electron chi connectivity index (χ2n) is 6.98. The first-order chi connectivity index (χ1) is 12.0. The molecule has 0 radical (unpaired) electrons. The highest BCUT2D eigenvalue weighted by molar-refractivity contribution is 5.99.